The van der Waals surface area contributed by atoms with Crippen LogP contribution < -0.4 is 0 Å². The minimum atomic E-state index is 0.655. The van der Waals surface area contributed by atoms with Gasteiger partial charge in [0.2, 0.25) is 0 Å². The van der Waals surface area contributed by atoms with Crippen LogP contribution in [0, 0.1) is 0 Å². The lowest BCUT2D eigenvalue weighted by molar-refractivity contribution is 0.664. The Hall–Kier alpha value is -8.61. The van der Waals surface area contributed by atoms with Crippen molar-refractivity contribution < 1.29 is 8.83 Å². The van der Waals surface area contributed by atoms with Crippen molar-refractivity contribution in [3.05, 3.63) is 205 Å². The lowest BCUT2D eigenvalue weighted by atomic mass is 10.0. The molecule has 1 aliphatic carbocycles. The first-order valence-corrected chi connectivity index (χ1v) is 21.6. The molecule has 14 rings (SSSR count). The third-order valence-corrected chi connectivity index (χ3v) is 13.1. The minimum absolute atomic E-state index is 0.655. The molecule has 4 aromatic heterocycles. The Morgan fingerprint density at radius 2 is 0.844 bits per heavy atom. The summed E-state index contributed by atoms with van der Waals surface area (Å²) in [6, 6.07) is 68.4. The van der Waals surface area contributed by atoms with Gasteiger partial charge in [-0.25, -0.2) is 15.0 Å². The van der Waals surface area contributed by atoms with Crippen LogP contribution in [0.3, 0.4) is 0 Å². The molecule has 0 radical (unpaired) electrons. The molecule has 0 bridgehead atoms. The molecule has 6 heteroatoms. The zero-order chi connectivity index (χ0) is 41.9. The van der Waals surface area contributed by atoms with E-state index in [-0.39, 0.29) is 0 Å². The van der Waals surface area contributed by atoms with Crippen LogP contribution in [0.15, 0.2) is 203 Å². The van der Waals surface area contributed by atoms with Crippen molar-refractivity contribution in [1.29, 1.82) is 0 Å². The molecule has 0 unspecified atom stereocenters. The molecule has 0 amide bonds. The summed E-state index contributed by atoms with van der Waals surface area (Å²) in [7, 11) is 0. The van der Waals surface area contributed by atoms with E-state index in [9.17, 15) is 0 Å². The summed E-state index contributed by atoms with van der Waals surface area (Å²) in [4.78, 5) is 15.0. The lowest BCUT2D eigenvalue weighted by Crippen LogP contribution is -2.00. The highest BCUT2D eigenvalue weighted by Crippen LogP contribution is 2.43. The van der Waals surface area contributed by atoms with Crippen LogP contribution in [0.4, 0.5) is 0 Å². The maximum atomic E-state index is 6.42. The van der Waals surface area contributed by atoms with Crippen LogP contribution in [0.5, 0.6) is 0 Å². The molecule has 0 atom stereocenters. The van der Waals surface area contributed by atoms with Gasteiger partial charge in [-0.05, 0) is 107 Å². The molecule has 0 fully saturated rings. The molecule has 4 heterocycles. The van der Waals surface area contributed by atoms with Gasteiger partial charge in [0.25, 0.3) is 0 Å². The first kappa shape index (κ1) is 35.0. The van der Waals surface area contributed by atoms with Gasteiger partial charge >= 0.3 is 0 Å². The fourth-order valence-electron chi connectivity index (χ4n) is 9.98. The van der Waals surface area contributed by atoms with Crippen molar-refractivity contribution in [2.75, 3.05) is 0 Å². The SMILES string of the molecule is c1ccc(-c2nc(-c3ccccc3)nc(-c3ccc4c(c3)-c3cc(-n5c6ccccc6c6cc(-c7ccc8oc9cc%10c(cc9c8c7)oc7ccccc7%10)ccc65)ccc3C4)n2)cc1. The second-order valence-corrected chi connectivity index (χ2v) is 16.8. The lowest BCUT2D eigenvalue weighted by Gasteiger charge is -2.12. The van der Waals surface area contributed by atoms with Crippen LogP contribution in [0.1, 0.15) is 11.1 Å². The molecule has 1 aliphatic rings. The number of hydrogen-bond donors (Lipinski definition) is 0. The van der Waals surface area contributed by atoms with Crippen LogP contribution in [-0.4, -0.2) is 19.5 Å². The first-order chi connectivity index (χ1) is 31.7. The van der Waals surface area contributed by atoms with Crippen LogP contribution in [0.2, 0.25) is 0 Å². The fourth-order valence-corrected chi connectivity index (χ4v) is 9.98. The van der Waals surface area contributed by atoms with Crippen LogP contribution in [-0.2, 0) is 6.42 Å². The summed E-state index contributed by atoms with van der Waals surface area (Å²) in [5.74, 6) is 1.96. The van der Waals surface area contributed by atoms with E-state index in [2.05, 4.69) is 120 Å². The molecule has 13 aromatic rings. The van der Waals surface area contributed by atoms with Gasteiger partial charge in [-0.2, -0.15) is 0 Å². The van der Waals surface area contributed by atoms with E-state index in [0.29, 0.717) is 17.5 Å². The number of furan rings is 2. The quantitative estimate of drug-likeness (QED) is 0.173. The molecular formula is C58H34N4O2. The highest BCUT2D eigenvalue weighted by Gasteiger charge is 2.23. The van der Waals surface area contributed by atoms with Gasteiger partial charge in [-0.15, -0.1) is 0 Å². The predicted octanol–water partition coefficient (Wildman–Crippen LogP) is 15.0. The van der Waals surface area contributed by atoms with E-state index in [1.165, 1.54) is 38.5 Å². The summed E-state index contributed by atoms with van der Waals surface area (Å²) in [5.41, 5.74) is 17.1. The Morgan fingerprint density at radius 1 is 0.328 bits per heavy atom. The summed E-state index contributed by atoms with van der Waals surface area (Å²) < 4.78 is 15.1. The molecule has 0 saturated heterocycles. The Morgan fingerprint density at radius 3 is 1.58 bits per heavy atom. The van der Waals surface area contributed by atoms with Crippen molar-refractivity contribution >= 4 is 65.7 Å². The second kappa shape index (κ2) is 13.4. The van der Waals surface area contributed by atoms with Gasteiger partial charge in [0.1, 0.15) is 22.3 Å². The van der Waals surface area contributed by atoms with Crippen molar-refractivity contribution in [3.63, 3.8) is 0 Å². The van der Waals surface area contributed by atoms with E-state index in [4.69, 9.17) is 23.8 Å². The molecule has 298 valence electrons. The van der Waals surface area contributed by atoms with Crippen LogP contribution >= 0.6 is 0 Å². The third kappa shape index (κ3) is 5.36. The highest BCUT2D eigenvalue weighted by atomic mass is 16.3. The van der Waals surface area contributed by atoms with Crippen molar-refractivity contribution in [1.82, 2.24) is 19.5 Å². The molecule has 0 aliphatic heterocycles. The predicted molar refractivity (Wildman–Crippen MR) is 259 cm³/mol. The Labute approximate surface area is 366 Å². The molecule has 6 nitrogen and oxygen atoms in total. The van der Waals surface area contributed by atoms with Crippen molar-refractivity contribution in [3.8, 4) is 62.1 Å². The molecule has 0 spiro atoms. The van der Waals surface area contributed by atoms with Gasteiger partial charge < -0.3 is 13.4 Å². The summed E-state index contributed by atoms with van der Waals surface area (Å²) in [5, 5.41) is 6.70. The summed E-state index contributed by atoms with van der Waals surface area (Å²) >= 11 is 0. The molecule has 0 N–H and O–H groups in total. The standard InChI is InChI=1S/C58H34N4O2/c1-3-11-34(12-4-1)56-59-57(35-13-5-2-6-14-35)61-58(60-56)40-20-19-38-27-39-21-24-41(31-45(39)44(38)30-40)62-50-17-9-7-15-42(50)46-28-36(22-25-51(46)62)37-23-26-53-47(29-37)49-33-54-48(32-55(49)64-53)43-16-8-10-18-52(43)63-54/h1-26,28-33H,27H2. The van der Waals surface area contributed by atoms with Gasteiger partial charge in [0.15, 0.2) is 17.5 Å². The minimum Gasteiger partial charge on any atom is -0.456 e. The summed E-state index contributed by atoms with van der Waals surface area (Å²) in [6.45, 7) is 0. The normalized spacial score (nSPS) is 12.3. The second-order valence-electron chi connectivity index (χ2n) is 16.8. The van der Waals surface area contributed by atoms with E-state index in [0.717, 1.165) is 89.3 Å². The number of para-hydroxylation sites is 2. The van der Waals surface area contributed by atoms with E-state index in [1.54, 1.807) is 0 Å². The third-order valence-electron chi connectivity index (χ3n) is 13.1. The maximum Gasteiger partial charge on any atom is 0.164 e. The van der Waals surface area contributed by atoms with E-state index >= 15 is 0 Å². The smallest absolute Gasteiger partial charge is 0.164 e. The van der Waals surface area contributed by atoms with Gasteiger partial charge in [0, 0.05) is 54.7 Å². The molecule has 0 saturated carbocycles. The molecular weight excluding hydrogens is 785 g/mol. The van der Waals surface area contributed by atoms with E-state index < -0.39 is 0 Å². The number of aromatic nitrogens is 4. The zero-order valence-corrected chi connectivity index (χ0v) is 34.3. The topological polar surface area (TPSA) is 69.9 Å². The Balaban J connectivity index is 0.868. The van der Waals surface area contributed by atoms with E-state index in [1.807, 2.05) is 78.9 Å². The van der Waals surface area contributed by atoms with Gasteiger partial charge in [-0.1, -0.05) is 127 Å². The Kier molecular flexibility index (Phi) is 7.36. The average Bonchev–Trinajstić information content (AvgIpc) is 4.11. The molecule has 9 aromatic carbocycles. The molecule has 64 heavy (non-hydrogen) atoms. The number of rotatable bonds is 5. The van der Waals surface area contributed by atoms with Crippen molar-refractivity contribution in [2.24, 2.45) is 0 Å². The zero-order valence-electron chi connectivity index (χ0n) is 34.3. The number of fused-ring (bicyclic) bond motifs is 12. The van der Waals surface area contributed by atoms with Crippen molar-refractivity contribution in [2.45, 2.75) is 6.42 Å². The number of nitrogens with zero attached hydrogens (tertiary/aromatic N) is 4. The average molecular weight is 819 g/mol. The van der Waals surface area contributed by atoms with Crippen LogP contribution in [0.25, 0.3) is 128 Å². The Bertz CT molecular complexity index is 3990. The highest BCUT2D eigenvalue weighted by molar-refractivity contribution is 6.16. The number of hydrogen-bond acceptors (Lipinski definition) is 5. The fraction of sp³-hybridized carbons (Fsp3) is 0.0172. The van der Waals surface area contributed by atoms with Gasteiger partial charge in [0.05, 0.1) is 11.0 Å². The summed E-state index contributed by atoms with van der Waals surface area (Å²) in [6.07, 6.45) is 0.878. The number of benzene rings is 9. The largest absolute Gasteiger partial charge is 0.456 e. The van der Waals surface area contributed by atoms with Gasteiger partial charge in [-0.3, -0.25) is 0 Å². The monoisotopic (exact) mass is 818 g/mol. The maximum absolute atomic E-state index is 6.42. The first-order valence-electron chi connectivity index (χ1n) is 21.6.